The van der Waals surface area contributed by atoms with Crippen molar-refractivity contribution in [2.24, 2.45) is 5.10 Å². The first-order valence-electron chi connectivity index (χ1n) is 4.22. The van der Waals surface area contributed by atoms with Crippen molar-refractivity contribution in [3.63, 3.8) is 0 Å². The maximum Gasteiger partial charge on any atom is 0.0379 e. The zero-order valence-electron chi connectivity index (χ0n) is 8.17. The topological polar surface area (TPSA) is 18.8 Å². The van der Waals surface area contributed by atoms with Crippen LogP contribution in [-0.4, -0.2) is 43.8 Å². The molecule has 0 bridgehead atoms. The summed E-state index contributed by atoms with van der Waals surface area (Å²) in [6.07, 6.45) is 1.08. The van der Waals surface area contributed by atoms with E-state index in [1.807, 2.05) is 12.1 Å². The molecule has 0 fully saturated rings. The molecule has 0 aromatic rings. The molecule has 0 atom stereocenters. The summed E-state index contributed by atoms with van der Waals surface area (Å²) in [4.78, 5) is 2.32. The Morgan fingerprint density at radius 1 is 1.58 bits per heavy atom. The van der Waals surface area contributed by atoms with Crippen molar-refractivity contribution in [1.82, 2.24) is 9.91 Å². The zero-order chi connectivity index (χ0) is 9.14. The van der Waals surface area contributed by atoms with E-state index in [4.69, 9.17) is 0 Å². The van der Waals surface area contributed by atoms with Gasteiger partial charge < -0.3 is 4.90 Å². The Balaban J connectivity index is 2.74. The van der Waals surface area contributed by atoms with E-state index in [-0.39, 0.29) is 0 Å². The van der Waals surface area contributed by atoms with Gasteiger partial charge in [-0.05, 0) is 19.5 Å². The first-order valence-corrected chi connectivity index (χ1v) is 4.22. The van der Waals surface area contributed by atoms with Crippen LogP contribution in [-0.2, 0) is 0 Å². The van der Waals surface area contributed by atoms with Crippen molar-refractivity contribution in [3.05, 3.63) is 11.3 Å². The van der Waals surface area contributed by atoms with Crippen LogP contribution in [0.3, 0.4) is 0 Å². The maximum atomic E-state index is 3.89. The monoisotopic (exact) mass is 167 g/mol. The maximum absolute atomic E-state index is 3.89. The summed E-state index contributed by atoms with van der Waals surface area (Å²) < 4.78 is 0. The summed E-state index contributed by atoms with van der Waals surface area (Å²) in [7, 11) is 4.10. The molecule has 0 aromatic carbocycles. The van der Waals surface area contributed by atoms with Crippen LogP contribution in [0.15, 0.2) is 16.4 Å². The van der Waals surface area contributed by atoms with Gasteiger partial charge in [-0.1, -0.05) is 0 Å². The third-order valence-corrected chi connectivity index (χ3v) is 2.33. The summed E-state index contributed by atoms with van der Waals surface area (Å²) in [6.45, 7) is 7.85. The molecular formula is C9H17N3. The second kappa shape index (κ2) is 3.72. The molecule has 0 aromatic heterocycles. The molecule has 12 heavy (non-hydrogen) atoms. The normalized spacial score (nSPS) is 19.6. The smallest absolute Gasteiger partial charge is 0.0379 e. The Labute approximate surface area is 74.3 Å². The number of hydrogen-bond donors (Lipinski definition) is 0. The average molecular weight is 167 g/mol. The third kappa shape index (κ3) is 1.85. The Morgan fingerprint density at radius 2 is 2.25 bits per heavy atom. The molecule has 1 aliphatic heterocycles. The van der Waals surface area contributed by atoms with E-state index in [1.54, 1.807) is 0 Å². The van der Waals surface area contributed by atoms with Crippen LogP contribution >= 0.6 is 0 Å². The highest BCUT2D eigenvalue weighted by Gasteiger charge is 2.15. The lowest BCUT2D eigenvalue weighted by Crippen LogP contribution is -2.30. The Morgan fingerprint density at radius 3 is 2.75 bits per heavy atom. The summed E-state index contributed by atoms with van der Waals surface area (Å²) in [5.41, 5.74) is 2.72. The molecule has 0 amide bonds. The molecule has 3 heteroatoms. The highest BCUT2D eigenvalue weighted by Crippen LogP contribution is 2.18. The molecule has 0 N–H and O–H groups in total. The van der Waals surface area contributed by atoms with E-state index < -0.39 is 0 Å². The van der Waals surface area contributed by atoms with Gasteiger partial charge in [0.25, 0.3) is 0 Å². The van der Waals surface area contributed by atoms with Gasteiger partial charge in [-0.15, -0.1) is 0 Å². The molecule has 1 aliphatic rings. The van der Waals surface area contributed by atoms with Gasteiger partial charge in [0.2, 0.25) is 0 Å². The molecule has 0 radical (unpaired) electrons. The molecule has 1 rings (SSSR count). The zero-order valence-corrected chi connectivity index (χ0v) is 8.17. The molecule has 0 unspecified atom stereocenters. The van der Waals surface area contributed by atoms with E-state index in [0.29, 0.717) is 0 Å². The summed E-state index contributed by atoms with van der Waals surface area (Å²) >= 11 is 0. The minimum Gasteiger partial charge on any atom is -0.302 e. The van der Waals surface area contributed by atoms with Crippen molar-refractivity contribution < 1.29 is 0 Å². The van der Waals surface area contributed by atoms with Gasteiger partial charge in [0.1, 0.15) is 0 Å². The van der Waals surface area contributed by atoms with Crippen molar-refractivity contribution in [1.29, 1.82) is 0 Å². The molecular weight excluding hydrogens is 150 g/mol. The highest BCUT2D eigenvalue weighted by molar-refractivity contribution is 5.24. The minimum atomic E-state index is 1.05. The number of hydrazone groups is 1. The standard InChI is InChI=1S/C9H17N3/c1-8-7-11(3)6-5-9(8)12(4)10-2/h2,5-7H2,1,3-4H3. The largest absolute Gasteiger partial charge is 0.302 e. The lowest BCUT2D eigenvalue weighted by molar-refractivity contribution is 0.306. The number of likely N-dealkylation sites (N-methyl/N-ethyl adjacent to an activating group) is 1. The minimum absolute atomic E-state index is 1.05. The summed E-state index contributed by atoms with van der Waals surface area (Å²) in [5.74, 6) is 0. The van der Waals surface area contributed by atoms with Crippen LogP contribution in [0, 0.1) is 0 Å². The van der Waals surface area contributed by atoms with E-state index >= 15 is 0 Å². The van der Waals surface area contributed by atoms with E-state index in [1.165, 1.54) is 11.3 Å². The molecule has 3 nitrogen and oxygen atoms in total. The second-order valence-electron chi connectivity index (χ2n) is 3.38. The van der Waals surface area contributed by atoms with Gasteiger partial charge in [-0.2, -0.15) is 5.10 Å². The van der Waals surface area contributed by atoms with Crippen LogP contribution in [0.4, 0.5) is 0 Å². The average Bonchev–Trinajstić information content (AvgIpc) is 2.03. The summed E-state index contributed by atoms with van der Waals surface area (Å²) in [6, 6.07) is 0. The quantitative estimate of drug-likeness (QED) is 0.454. The van der Waals surface area contributed by atoms with E-state index in [0.717, 1.165) is 19.5 Å². The first kappa shape index (κ1) is 9.26. The predicted octanol–water partition coefficient (Wildman–Crippen LogP) is 1.14. The number of nitrogens with zero attached hydrogens (tertiary/aromatic N) is 3. The molecule has 0 saturated carbocycles. The van der Waals surface area contributed by atoms with Crippen molar-refractivity contribution >= 4 is 6.72 Å². The van der Waals surface area contributed by atoms with Crippen LogP contribution in [0.2, 0.25) is 0 Å². The first-order chi connectivity index (χ1) is 5.65. The van der Waals surface area contributed by atoms with Crippen molar-refractivity contribution in [2.45, 2.75) is 13.3 Å². The van der Waals surface area contributed by atoms with Gasteiger partial charge in [-0.25, -0.2) is 0 Å². The van der Waals surface area contributed by atoms with Crippen LogP contribution in [0.1, 0.15) is 13.3 Å². The van der Waals surface area contributed by atoms with Gasteiger partial charge >= 0.3 is 0 Å². The Kier molecular flexibility index (Phi) is 2.87. The Bertz CT molecular complexity index is 208. The fraction of sp³-hybridized carbons (Fsp3) is 0.667. The van der Waals surface area contributed by atoms with Crippen LogP contribution in [0.5, 0.6) is 0 Å². The molecule has 0 saturated heterocycles. The van der Waals surface area contributed by atoms with Gasteiger partial charge in [0.05, 0.1) is 0 Å². The van der Waals surface area contributed by atoms with E-state index in [9.17, 15) is 0 Å². The lowest BCUT2D eigenvalue weighted by atomic mass is 10.1. The van der Waals surface area contributed by atoms with Crippen LogP contribution < -0.4 is 0 Å². The predicted molar refractivity (Wildman–Crippen MR) is 52.1 cm³/mol. The van der Waals surface area contributed by atoms with Crippen molar-refractivity contribution in [2.75, 3.05) is 27.2 Å². The molecule has 1 heterocycles. The Hall–Kier alpha value is -0.830. The van der Waals surface area contributed by atoms with Gasteiger partial charge in [-0.3, -0.25) is 5.01 Å². The number of rotatable bonds is 2. The fourth-order valence-electron chi connectivity index (χ4n) is 1.61. The summed E-state index contributed by atoms with van der Waals surface area (Å²) in [5, 5.41) is 5.77. The van der Waals surface area contributed by atoms with E-state index in [2.05, 4.69) is 30.7 Å². The molecule has 0 aliphatic carbocycles. The highest BCUT2D eigenvalue weighted by atomic mass is 15.4. The fourth-order valence-corrected chi connectivity index (χ4v) is 1.61. The number of hydrogen-bond acceptors (Lipinski definition) is 3. The van der Waals surface area contributed by atoms with Crippen LogP contribution in [0.25, 0.3) is 0 Å². The SMILES string of the molecule is C=NN(C)C1=C(C)CN(C)CC1. The third-order valence-electron chi connectivity index (χ3n) is 2.33. The molecule has 0 spiro atoms. The van der Waals surface area contributed by atoms with Gasteiger partial charge in [0, 0.05) is 39.0 Å². The van der Waals surface area contributed by atoms with Gasteiger partial charge in [0.15, 0.2) is 0 Å². The van der Waals surface area contributed by atoms with Crippen molar-refractivity contribution in [3.8, 4) is 0 Å². The second-order valence-corrected chi connectivity index (χ2v) is 3.38. The molecule has 68 valence electrons. The lowest BCUT2D eigenvalue weighted by Gasteiger charge is -2.29.